The van der Waals surface area contributed by atoms with E-state index in [2.05, 4.69) is 76.2 Å². The molecule has 102 heavy (non-hydrogen) atoms. The molecule has 0 bridgehead atoms. The summed E-state index contributed by atoms with van der Waals surface area (Å²) in [6, 6.07) is 23.7. The number of phenolic OH excluding ortho intramolecular Hbond substituents is 2. The molecule has 0 amide bonds. The van der Waals surface area contributed by atoms with Gasteiger partial charge in [0.25, 0.3) is 0 Å². The largest absolute Gasteiger partial charge is 2.00 e. The fourth-order valence-corrected chi connectivity index (χ4v) is 13.8. The van der Waals surface area contributed by atoms with Crippen molar-refractivity contribution in [1.82, 2.24) is 0 Å². The molecule has 0 aromatic heterocycles. The summed E-state index contributed by atoms with van der Waals surface area (Å²) in [4.78, 5) is 32.0. The number of benzene rings is 4. The van der Waals surface area contributed by atoms with E-state index in [1.165, 1.54) is 368 Å². The zero-order chi connectivity index (χ0) is 73.4. The van der Waals surface area contributed by atoms with Crippen molar-refractivity contribution >= 4 is 34.7 Å². The average Bonchev–Trinajstić information content (AvgIpc) is 0.833. The van der Waals surface area contributed by atoms with Crippen LogP contribution in [0.3, 0.4) is 0 Å². The van der Waals surface area contributed by atoms with Crippen LogP contribution in [-0.2, 0) is 42.2 Å². The molecule has 0 unspecified atom stereocenters. The average molecular weight is 1460 g/mol. The quantitative estimate of drug-likeness (QED) is 0.0146. The maximum absolute atomic E-state index is 10.6. The number of phenols is 4. The second kappa shape index (κ2) is 66.5. The molecule has 0 saturated heterocycles. The summed E-state index contributed by atoms with van der Waals surface area (Å²) in [6.07, 6.45) is 77.5. The van der Waals surface area contributed by atoms with Gasteiger partial charge in [-0.1, -0.05) is 380 Å². The smallest absolute Gasteiger partial charge is 0.545 e. The minimum absolute atomic E-state index is 0. The number of carbonyl (C=O) groups excluding carboxylic acids is 2. The maximum Gasteiger partial charge on any atom is 2.00 e. The molecular weight excluding hydrogens is 1310 g/mol. The van der Waals surface area contributed by atoms with Gasteiger partial charge in [0.15, 0.2) is 23.0 Å². The predicted molar refractivity (Wildman–Crippen MR) is 429 cm³/mol. The van der Waals surface area contributed by atoms with E-state index in [1.54, 1.807) is 13.8 Å². The van der Waals surface area contributed by atoms with E-state index in [-0.39, 0.29) is 27.6 Å². The third-order valence-corrected chi connectivity index (χ3v) is 20.3. The van der Waals surface area contributed by atoms with Crippen molar-refractivity contribution in [2.24, 2.45) is 9.98 Å². The summed E-state index contributed by atoms with van der Waals surface area (Å²) in [5.41, 5.74) is 7.76. The van der Waals surface area contributed by atoms with Crippen LogP contribution in [0.4, 0.5) is 11.4 Å². The number of aliphatic imine (C=N–C) groups is 2. The van der Waals surface area contributed by atoms with Gasteiger partial charge in [-0.3, -0.25) is 9.98 Å². The summed E-state index contributed by atoms with van der Waals surface area (Å²) >= 11 is 0. The molecule has 580 valence electrons. The Morgan fingerprint density at radius 3 is 0.784 bits per heavy atom. The standard InChI is InChI=1S/C73H130N2.2C9H10O4.Ni/c1-5-9-13-15-17-19-21-23-25-27-29-31-33-35-37-39-41-43-45-47-49-51-54-58-68-60-56-62-70(66-68)74-72(64-12-8-4)73(65-53-11-7-3)75-71-63-57-61-69(67-71)59-55-52-50-48-46-44-42-40-38-36-34-32-30-28-26-24-22-20-18-16-14-10-6-2;2*1-2-5-3-4-6(10)8(11)7(5)9(12)13;/h56-57,60-63,66-67H,5-55,58-59,64-65H2,1-4H3;2*3-4,10-11H,2H2,1H3,(H,12,13);/q;;;+2/p-2. The number of carboxylic acid groups (broad SMARTS) is 2. The first-order chi connectivity index (χ1) is 49.3. The zero-order valence-electron chi connectivity index (χ0n) is 65.9. The second-order valence-corrected chi connectivity index (χ2v) is 29.3. The minimum Gasteiger partial charge on any atom is -0.545 e. The van der Waals surface area contributed by atoms with E-state index in [4.69, 9.17) is 20.2 Å². The molecule has 0 radical (unpaired) electrons. The Balaban J connectivity index is 0.00000158. The monoisotopic (exact) mass is 1460 g/mol. The van der Waals surface area contributed by atoms with Gasteiger partial charge < -0.3 is 40.2 Å². The Labute approximate surface area is 634 Å². The van der Waals surface area contributed by atoms with E-state index >= 15 is 0 Å². The Bertz CT molecular complexity index is 2670. The van der Waals surface area contributed by atoms with Crippen LogP contribution in [0, 0.1) is 0 Å². The number of hydrogen-bond donors (Lipinski definition) is 4. The third kappa shape index (κ3) is 48.1. The van der Waals surface area contributed by atoms with Gasteiger partial charge >= 0.3 is 16.5 Å². The van der Waals surface area contributed by atoms with Crippen LogP contribution in [0.2, 0.25) is 0 Å². The van der Waals surface area contributed by atoms with Crippen molar-refractivity contribution in [3.8, 4) is 23.0 Å². The predicted octanol–water partition coefficient (Wildman–Crippen LogP) is 26.4. The van der Waals surface area contributed by atoms with Crippen LogP contribution in [0.5, 0.6) is 23.0 Å². The summed E-state index contributed by atoms with van der Waals surface area (Å²) in [6.45, 7) is 12.7. The number of aromatic carboxylic acids is 2. The Hall–Kier alpha value is -5.15. The van der Waals surface area contributed by atoms with Crippen molar-refractivity contribution in [3.05, 3.63) is 106 Å². The van der Waals surface area contributed by atoms with Gasteiger partial charge in [-0.2, -0.15) is 0 Å². The van der Waals surface area contributed by atoms with Crippen molar-refractivity contribution < 1.29 is 56.7 Å². The van der Waals surface area contributed by atoms with Crippen LogP contribution >= 0.6 is 0 Å². The number of rotatable bonds is 62. The first-order valence-electron chi connectivity index (χ1n) is 42.2. The Morgan fingerprint density at radius 2 is 0.539 bits per heavy atom. The van der Waals surface area contributed by atoms with E-state index in [1.807, 2.05) is 0 Å². The van der Waals surface area contributed by atoms with E-state index in [0.29, 0.717) is 24.0 Å². The van der Waals surface area contributed by atoms with Crippen molar-refractivity contribution in [3.63, 3.8) is 0 Å². The molecule has 4 rings (SSSR count). The molecule has 10 nitrogen and oxygen atoms in total. The van der Waals surface area contributed by atoms with Crippen molar-refractivity contribution in [2.45, 2.75) is 408 Å². The molecule has 4 aromatic carbocycles. The molecule has 0 aliphatic heterocycles. The van der Waals surface area contributed by atoms with Crippen molar-refractivity contribution in [2.75, 3.05) is 0 Å². The number of aryl methyl sites for hydroxylation is 4. The second-order valence-electron chi connectivity index (χ2n) is 29.3. The Kier molecular flexibility index (Phi) is 61.9. The SMILES string of the molecule is CCCCCCCCCCCCCCCCCCCCCCCCCc1cccc(N=C(CCCC)C(CCCCC)=Nc2cccc(CCCCCCCCCCCCCCCCCCCCCCCCC)c2)c1.CCc1ccc(O)c(O)c1C(=O)[O-].CCc1ccc(O)c(O)c1C(=O)[O-].[Ni+2]. The summed E-state index contributed by atoms with van der Waals surface area (Å²) in [5, 5.41) is 57.6. The normalized spacial score (nSPS) is 11.5. The zero-order valence-corrected chi connectivity index (χ0v) is 66.9. The Morgan fingerprint density at radius 1 is 0.304 bits per heavy atom. The van der Waals surface area contributed by atoms with E-state index in [0.717, 1.165) is 43.5 Å². The van der Waals surface area contributed by atoms with Gasteiger partial charge in [0.05, 0.1) is 34.7 Å². The number of aromatic hydroxyl groups is 4. The maximum atomic E-state index is 10.6. The summed E-state index contributed by atoms with van der Waals surface area (Å²) < 4.78 is 0. The molecule has 4 aromatic rings. The van der Waals surface area contributed by atoms with Gasteiger partial charge in [0, 0.05) is 11.1 Å². The van der Waals surface area contributed by atoms with Crippen LogP contribution in [0.1, 0.15) is 425 Å². The first kappa shape index (κ1) is 94.9. The number of hydrogen-bond acceptors (Lipinski definition) is 10. The topological polar surface area (TPSA) is 186 Å². The molecule has 0 aliphatic carbocycles. The van der Waals surface area contributed by atoms with Crippen LogP contribution in [0.25, 0.3) is 0 Å². The number of nitrogens with zero attached hydrogens (tertiary/aromatic N) is 2. The fourth-order valence-electron chi connectivity index (χ4n) is 13.8. The van der Waals surface area contributed by atoms with Gasteiger partial charge in [0.2, 0.25) is 0 Å². The minimum atomic E-state index is -1.48. The molecular formula is C91H148N2NiO8. The molecule has 0 aliphatic rings. The summed E-state index contributed by atoms with van der Waals surface area (Å²) in [7, 11) is 0. The van der Waals surface area contributed by atoms with Gasteiger partial charge in [-0.15, -0.1) is 0 Å². The number of unbranched alkanes of at least 4 members (excludes halogenated alkanes) is 47. The van der Waals surface area contributed by atoms with Gasteiger partial charge in [-0.25, -0.2) is 0 Å². The number of carboxylic acids is 2. The molecule has 11 heteroatoms. The molecule has 0 atom stereocenters. The van der Waals surface area contributed by atoms with E-state index in [9.17, 15) is 30.0 Å². The molecule has 0 heterocycles. The van der Waals surface area contributed by atoms with E-state index < -0.39 is 34.9 Å². The molecule has 0 spiro atoms. The number of carbonyl (C=O) groups is 2. The van der Waals surface area contributed by atoms with Gasteiger partial charge in [0.1, 0.15) is 0 Å². The fraction of sp³-hybridized carbons (Fsp3) is 0.692. The van der Waals surface area contributed by atoms with Crippen LogP contribution in [0.15, 0.2) is 82.8 Å². The molecule has 0 saturated carbocycles. The van der Waals surface area contributed by atoms with Crippen LogP contribution < -0.4 is 10.2 Å². The first-order valence-corrected chi connectivity index (χ1v) is 42.2. The van der Waals surface area contributed by atoms with Crippen LogP contribution in [-0.4, -0.2) is 43.8 Å². The summed E-state index contributed by atoms with van der Waals surface area (Å²) in [5.74, 6) is -5.11. The molecule has 4 N–H and O–H groups in total. The molecule has 0 fully saturated rings. The van der Waals surface area contributed by atoms with Crippen molar-refractivity contribution in [1.29, 1.82) is 0 Å². The van der Waals surface area contributed by atoms with Gasteiger partial charge in [-0.05, 0) is 123 Å². The third-order valence-electron chi connectivity index (χ3n) is 20.3.